The highest BCUT2D eigenvalue weighted by Crippen LogP contribution is 2.32. The minimum Gasteiger partial charge on any atom is -0.320 e. The number of hydrogen-bond donors (Lipinski definition) is 1. The predicted molar refractivity (Wildman–Crippen MR) is 67.0 cm³/mol. The Labute approximate surface area is 101 Å². The summed E-state index contributed by atoms with van der Waals surface area (Å²) < 4.78 is 1.08. The lowest BCUT2D eigenvalue weighted by Crippen LogP contribution is -2.12. The molecule has 0 bridgehead atoms. The second-order valence-corrected chi connectivity index (χ2v) is 5.14. The Morgan fingerprint density at radius 3 is 2.87 bits per heavy atom. The molecule has 0 saturated carbocycles. The Bertz CT molecular complexity index is 467. The fourth-order valence-electron chi connectivity index (χ4n) is 1.50. The summed E-state index contributed by atoms with van der Waals surface area (Å²) in [7, 11) is 0. The number of nitrogens with two attached hydrogens (primary N) is 1. The molecule has 2 aromatic heterocycles. The molecular weight excluding hydrogens is 272 g/mol. The number of hydrogen-bond acceptors (Lipinski definition) is 3. The largest absolute Gasteiger partial charge is 0.320 e. The molecule has 1 unspecified atom stereocenters. The van der Waals surface area contributed by atoms with Gasteiger partial charge in [-0.1, -0.05) is 0 Å². The van der Waals surface area contributed by atoms with Crippen molar-refractivity contribution in [3.05, 3.63) is 50.4 Å². The molecule has 0 spiro atoms. The molecule has 4 heteroatoms. The zero-order valence-electron chi connectivity index (χ0n) is 8.27. The molecule has 0 aliphatic heterocycles. The number of aromatic nitrogens is 1. The highest BCUT2D eigenvalue weighted by atomic mass is 79.9. The van der Waals surface area contributed by atoms with E-state index in [9.17, 15) is 0 Å². The molecule has 0 radical (unpaired) electrons. The number of halogens is 1. The molecule has 2 heterocycles. The van der Waals surface area contributed by atoms with E-state index in [1.807, 2.05) is 30.6 Å². The van der Waals surface area contributed by atoms with Crippen LogP contribution in [0.5, 0.6) is 0 Å². The van der Waals surface area contributed by atoms with Gasteiger partial charge in [0.1, 0.15) is 0 Å². The average Bonchev–Trinajstić information content (AvgIpc) is 2.64. The summed E-state index contributed by atoms with van der Waals surface area (Å²) in [5.41, 5.74) is 8.48. The minimum absolute atomic E-state index is 0.0672. The van der Waals surface area contributed by atoms with Gasteiger partial charge in [-0.25, -0.2) is 0 Å². The van der Waals surface area contributed by atoms with E-state index in [1.165, 1.54) is 0 Å². The predicted octanol–water partition coefficient (Wildman–Crippen LogP) is 3.26. The lowest BCUT2D eigenvalue weighted by atomic mass is 10.0. The highest BCUT2D eigenvalue weighted by molar-refractivity contribution is 9.10. The van der Waals surface area contributed by atoms with Gasteiger partial charge < -0.3 is 5.73 Å². The highest BCUT2D eigenvalue weighted by Gasteiger charge is 2.15. The first-order chi connectivity index (χ1) is 7.20. The molecule has 0 amide bonds. The topological polar surface area (TPSA) is 38.9 Å². The lowest BCUT2D eigenvalue weighted by Gasteiger charge is -2.13. The van der Waals surface area contributed by atoms with E-state index >= 15 is 0 Å². The van der Waals surface area contributed by atoms with Crippen LogP contribution in [0.3, 0.4) is 0 Å². The molecule has 0 aliphatic rings. The molecule has 1 atom stereocenters. The smallest absolute Gasteiger partial charge is 0.0661 e. The van der Waals surface area contributed by atoms with Crippen LogP contribution in [-0.4, -0.2) is 4.98 Å². The van der Waals surface area contributed by atoms with Crippen molar-refractivity contribution in [1.29, 1.82) is 0 Å². The van der Waals surface area contributed by atoms with Crippen molar-refractivity contribution < 1.29 is 0 Å². The minimum atomic E-state index is -0.0672. The van der Waals surface area contributed by atoms with Crippen LogP contribution >= 0.6 is 27.3 Å². The third-order valence-electron chi connectivity index (χ3n) is 2.33. The number of thiophene rings is 1. The normalized spacial score (nSPS) is 12.7. The van der Waals surface area contributed by atoms with Crippen LogP contribution in [0.15, 0.2) is 34.4 Å². The van der Waals surface area contributed by atoms with Crippen molar-refractivity contribution in [2.24, 2.45) is 5.73 Å². The van der Waals surface area contributed by atoms with Crippen LogP contribution in [0.1, 0.15) is 22.0 Å². The SMILES string of the molecule is Cc1cnccc1C(N)c1sccc1Br. The Kier molecular flexibility index (Phi) is 3.19. The first kappa shape index (κ1) is 10.8. The van der Waals surface area contributed by atoms with Gasteiger partial charge in [-0.3, -0.25) is 4.98 Å². The van der Waals surface area contributed by atoms with Crippen LogP contribution in [-0.2, 0) is 0 Å². The van der Waals surface area contributed by atoms with Crippen molar-refractivity contribution in [1.82, 2.24) is 4.98 Å². The fourth-order valence-corrected chi connectivity index (χ4v) is 3.14. The molecule has 2 nitrogen and oxygen atoms in total. The number of rotatable bonds is 2. The van der Waals surface area contributed by atoms with Crippen molar-refractivity contribution in [2.45, 2.75) is 13.0 Å². The maximum Gasteiger partial charge on any atom is 0.0661 e. The van der Waals surface area contributed by atoms with Crippen molar-refractivity contribution >= 4 is 27.3 Å². The monoisotopic (exact) mass is 282 g/mol. The molecule has 0 fully saturated rings. The van der Waals surface area contributed by atoms with Crippen molar-refractivity contribution in [3.8, 4) is 0 Å². The zero-order chi connectivity index (χ0) is 10.8. The van der Waals surface area contributed by atoms with Gasteiger partial charge in [0.05, 0.1) is 6.04 Å². The van der Waals surface area contributed by atoms with Crippen LogP contribution in [0.2, 0.25) is 0 Å². The van der Waals surface area contributed by atoms with E-state index in [0.717, 1.165) is 20.5 Å². The van der Waals surface area contributed by atoms with E-state index < -0.39 is 0 Å². The number of pyridine rings is 1. The van der Waals surface area contributed by atoms with E-state index in [4.69, 9.17) is 5.73 Å². The van der Waals surface area contributed by atoms with Crippen LogP contribution in [0.25, 0.3) is 0 Å². The van der Waals surface area contributed by atoms with E-state index in [-0.39, 0.29) is 6.04 Å². The standard InChI is InChI=1S/C11H11BrN2S/c1-7-6-14-4-2-8(7)10(13)11-9(12)3-5-15-11/h2-6,10H,13H2,1H3. The van der Waals surface area contributed by atoms with Gasteiger partial charge in [0.25, 0.3) is 0 Å². The molecule has 2 N–H and O–H groups in total. The van der Waals surface area contributed by atoms with E-state index in [0.29, 0.717) is 0 Å². The van der Waals surface area contributed by atoms with E-state index in [1.54, 1.807) is 17.5 Å². The van der Waals surface area contributed by atoms with Crippen molar-refractivity contribution in [3.63, 3.8) is 0 Å². The summed E-state index contributed by atoms with van der Waals surface area (Å²) in [6.07, 6.45) is 3.63. The summed E-state index contributed by atoms with van der Waals surface area (Å²) in [4.78, 5) is 5.22. The molecule has 2 rings (SSSR count). The fraction of sp³-hybridized carbons (Fsp3) is 0.182. The van der Waals surface area contributed by atoms with Crippen LogP contribution in [0.4, 0.5) is 0 Å². The molecule has 0 saturated heterocycles. The van der Waals surface area contributed by atoms with Gasteiger partial charge in [0.2, 0.25) is 0 Å². The second kappa shape index (κ2) is 4.43. The van der Waals surface area contributed by atoms with Gasteiger partial charge in [0.15, 0.2) is 0 Å². The lowest BCUT2D eigenvalue weighted by molar-refractivity contribution is 0.873. The van der Waals surface area contributed by atoms with E-state index in [2.05, 4.69) is 20.9 Å². The third-order valence-corrected chi connectivity index (χ3v) is 4.28. The maximum atomic E-state index is 6.22. The second-order valence-electron chi connectivity index (χ2n) is 3.34. The third kappa shape index (κ3) is 2.12. The first-order valence-electron chi connectivity index (χ1n) is 4.59. The van der Waals surface area contributed by atoms with Gasteiger partial charge in [-0.2, -0.15) is 0 Å². The molecule has 15 heavy (non-hydrogen) atoms. The summed E-state index contributed by atoms with van der Waals surface area (Å²) in [6, 6.07) is 3.94. The summed E-state index contributed by atoms with van der Waals surface area (Å²) in [5.74, 6) is 0. The quantitative estimate of drug-likeness (QED) is 0.918. The van der Waals surface area contributed by atoms with Gasteiger partial charge in [-0.15, -0.1) is 11.3 Å². The van der Waals surface area contributed by atoms with Gasteiger partial charge in [0, 0.05) is 21.7 Å². The maximum absolute atomic E-state index is 6.22. The Morgan fingerprint density at radius 2 is 2.27 bits per heavy atom. The molecule has 0 aliphatic carbocycles. The molecule has 2 aromatic rings. The van der Waals surface area contributed by atoms with Crippen LogP contribution < -0.4 is 5.73 Å². The van der Waals surface area contributed by atoms with Crippen LogP contribution in [0, 0.1) is 6.92 Å². The molecule has 78 valence electrons. The Balaban J connectivity index is 2.41. The molecule has 0 aromatic carbocycles. The summed E-state index contributed by atoms with van der Waals surface area (Å²) >= 11 is 5.17. The molecular formula is C11H11BrN2S. The Morgan fingerprint density at radius 1 is 1.47 bits per heavy atom. The van der Waals surface area contributed by atoms with Gasteiger partial charge in [-0.05, 0) is 51.5 Å². The Hall–Kier alpha value is -0.710. The van der Waals surface area contributed by atoms with Crippen molar-refractivity contribution in [2.75, 3.05) is 0 Å². The number of nitrogens with zero attached hydrogens (tertiary/aromatic N) is 1. The summed E-state index contributed by atoms with van der Waals surface area (Å²) in [5, 5.41) is 2.04. The zero-order valence-corrected chi connectivity index (χ0v) is 10.7. The number of aryl methyl sites for hydroxylation is 1. The average molecular weight is 283 g/mol. The first-order valence-corrected chi connectivity index (χ1v) is 6.26. The van der Waals surface area contributed by atoms with Gasteiger partial charge >= 0.3 is 0 Å². The summed E-state index contributed by atoms with van der Waals surface area (Å²) in [6.45, 7) is 2.03.